The molecule has 0 saturated carbocycles. The second kappa shape index (κ2) is 4.72. The number of nitrogens with zero attached hydrogens (tertiary/aromatic N) is 2. The van der Waals surface area contributed by atoms with Gasteiger partial charge in [-0.15, -0.1) is 0 Å². The minimum Gasteiger partial charge on any atom is -0.480 e. The molecule has 2 aliphatic heterocycles. The van der Waals surface area contributed by atoms with E-state index in [-0.39, 0.29) is 0 Å². The van der Waals surface area contributed by atoms with E-state index in [1.54, 1.807) is 0 Å². The SMILES string of the molecule is O=C(O)C1CCCc2nc(C3CCNCC3)cn21. The van der Waals surface area contributed by atoms with E-state index < -0.39 is 12.0 Å². The van der Waals surface area contributed by atoms with E-state index in [4.69, 9.17) is 0 Å². The molecule has 0 spiro atoms. The second-order valence-electron chi connectivity index (χ2n) is 5.26. The summed E-state index contributed by atoms with van der Waals surface area (Å²) in [7, 11) is 0. The summed E-state index contributed by atoms with van der Waals surface area (Å²) in [5, 5.41) is 12.6. The Morgan fingerprint density at radius 2 is 2.17 bits per heavy atom. The van der Waals surface area contributed by atoms with Crippen LogP contribution in [-0.4, -0.2) is 33.7 Å². The first-order valence-electron chi connectivity index (χ1n) is 6.77. The predicted octanol–water partition coefficient (Wildman–Crippen LogP) is 1.31. The van der Waals surface area contributed by atoms with Gasteiger partial charge in [0.2, 0.25) is 0 Å². The third-order valence-electron chi connectivity index (χ3n) is 4.08. The Morgan fingerprint density at radius 3 is 2.89 bits per heavy atom. The zero-order chi connectivity index (χ0) is 12.5. The molecule has 1 atom stereocenters. The minimum absolute atomic E-state index is 0.406. The van der Waals surface area contributed by atoms with Crippen molar-refractivity contribution in [1.29, 1.82) is 0 Å². The molecule has 5 nitrogen and oxygen atoms in total. The quantitative estimate of drug-likeness (QED) is 0.829. The fourth-order valence-electron chi connectivity index (χ4n) is 3.06. The van der Waals surface area contributed by atoms with Gasteiger partial charge in [0.25, 0.3) is 0 Å². The number of piperidine rings is 1. The molecule has 0 aromatic carbocycles. The summed E-state index contributed by atoms with van der Waals surface area (Å²) in [4.78, 5) is 15.9. The van der Waals surface area contributed by atoms with Crippen molar-refractivity contribution in [3.05, 3.63) is 17.7 Å². The maximum absolute atomic E-state index is 11.2. The number of carboxylic acids is 1. The van der Waals surface area contributed by atoms with Crippen LogP contribution in [0.1, 0.15) is 49.2 Å². The number of carboxylic acid groups (broad SMARTS) is 1. The summed E-state index contributed by atoms with van der Waals surface area (Å²) in [6, 6.07) is -0.406. The highest BCUT2D eigenvalue weighted by molar-refractivity contribution is 5.72. The van der Waals surface area contributed by atoms with Crippen molar-refractivity contribution in [3.63, 3.8) is 0 Å². The van der Waals surface area contributed by atoms with Gasteiger partial charge in [0, 0.05) is 18.5 Å². The smallest absolute Gasteiger partial charge is 0.326 e. The van der Waals surface area contributed by atoms with Gasteiger partial charge in [-0.05, 0) is 38.8 Å². The maximum Gasteiger partial charge on any atom is 0.326 e. The van der Waals surface area contributed by atoms with Crippen LogP contribution in [0.15, 0.2) is 6.20 Å². The number of aromatic nitrogens is 2. The lowest BCUT2D eigenvalue weighted by Crippen LogP contribution is -2.26. The molecule has 1 aromatic rings. The van der Waals surface area contributed by atoms with E-state index in [2.05, 4.69) is 10.3 Å². The number of hydrogen-bond acceptors (Lipinski definition) is 3. The van der Waals surface area contributed by atoms with Gasteiger partial charge >= 0.3 is 5.97 Å². The highest BCUT2D eigenvalue weighted by Crippen LogP contribution is 2.30. The highest BCUT2D eigenvalue weighted by atomic mass is 16.4. The van der Waals surface area contributed by atoms with Crippen LogP contribution >= 0.6 is 0 Å². The Bertz CT molecular complexity index is 449. The van der Waals surface area contributed by atoms with Crippen LogP contribution in [0.5, 0.6) is 0 Å². The lowest BCUT2D eigenvalue weighted by atomic mass is 9.95. The second-order valence-corrected chi connectivity index (χ2v) is 5.26. The summed E-state index contributed by atoms with van der Waals surface area (Å²) in [6.07, 6.45) is 6.77. The van der Waals surface area contributed by atoms with Gasteiger partial charge in [-0.1, -0.05) is 0 Å². The van der Waals surface area contributed by atoms with Crippen LogP contribution in [-0.2, 0) is 11.2 Å². The fraction of sp³-hybridized carbons (Fsp3) is 0.692. The number of nitrogens with one attached hydrogen (secondary N) is 1. The summed E-state index contributed by atoms with van der Waals surface area (Å²) in [6.45, 7) is 2.07. The average molecular weight is 249 g/mol. The van der Waals surface area contributed by atoms with Gasteiger partial charge in [-0.25, -0.2) is 9.78 Å². The van der Waals surface area contributed by atoms with Crippen LogP contribution in [0.4, 0.5) is 0 Å². The third kappa shape index (κ3) is 2.03. The van der Waals surface area contributed by atoms with Crippen molar-refractivity contribution in [2.24, 2.45) is 0 Å². The van der Waals surface area contributed by atoms with E-state index in [9.17, 15) is 9.90 Å². The van der Waals surface area contributed by atoms with Crippen molar-refractivity contribution in [2.75, 3.05) is 13.1 Å². The van der Waals surface area contributed by atoms with Crippen LogP contribution in [0, 0.1) is 0 Å². The molecular weight excluding hydrogens is 230 g/mol. The van der Waals surface area contributed by atoms with E-state index in [1.807, 2.05) is 10.8 Å². The van der Waals surface area contributed by atoms with Gasteiger partial charge in [-0.3, -0.25) is 0 Å². The lowest BCUT2D eigenvalue weighted by molar-refractivity contribution is -0.141. The van der Waals surface area contributed by atoms with Gasteiger partial charge < -0.3 is 15.0 Å². The number of rotatable bonds is 2. The Balaban J connectivity index is 1.88. The largest absolute Gasteiger partial charge is 0.480 e. The number of imidazole rings is 1. The van der Waals surface area contributed by atoms with E-state index in [1.165, 1.54) is 0 Å². The number of aliphatic carboxylic acids is 1. The fourth-order valence-corrected chi connectivity index (χ4v) is 3.06. The molecule has 1 aromatic heterocycles. The third-order valence-corrected chi connectivity index (χ3v) is 4.08. The molecule has 5 heteroatoms. The average Bonchev–Trinajstić information content (AvgIpc) is 2.83. The van der Waals surface area contributed by atoms with Crippen molar-refractivity contribution in [2.45, 2.75) is 44.1 Å². The van der Waals surface area contributed by atoms with Gasteiger partial charge in [0.15, 0.2) is 0 Å². The van der Waals surface area contributed by atoms with Crippen molar-refractivity contribution in [1.82, 2.24) is 14.9 Å². The molecule has 1 saturated heterocycles. The van der Waals surface area contributed by atoms with Gasteiger partial charge in [0.1, 0.15) is 11.9 Å². The molecule has 2 N–H and O–H groups in total. The maximum atomic E-state index is 11.2. The monoisotopic (exact) mass is 249 g/mol. The molecular formula is C13H19N3O2. The Morgan fingerprint density at radius 1 is 1.39 bits per heavy atom. The molecule has 98 valence electrons. The molecule has 1 unspecified atom stereocenters. The van der Waals surface area contributed by atoms with Crippen molar-refractivity contribution >= 4 is 5.97 Å². The molecule has 0 amide bonds. The predicted molar refractivity (Wildman–Crippen MR) is 66.7 cm³/mol. The number of hydrogen-bond donors (Lipinski definition) is 2. The van der Waals surface area contributed by atoms with Crippen molar-refractivity contribution < 1.29 is 9.90 Å². The van der Waals surface area contributed by atoms with Crippen LogP contribution in [0.2, 0.25) is 0 Å². The van der Waals surface area contributed by atoms with Crippen LogP contribution in [0.25, 0.3) is 0 Å². The van der Waals surface area contributed by atoms with E-state index >= 15 is 0 Å². The summed E-state index contributed by atoms with van der Waals surface area (Å²) < 4.78 is 1.89. The molecule has 18 heavy (non-hydrogen) atoms. The standard InChI is InChI=1S/C13H19N3O2/c17-13(18)11-2-1-3-12-15-10(8-16(11)12)9-4-6-14-7-5-9/h8-9,11,14H,1-7H2,(H,17,18). The number of aryl methyl sites for hydroxylation is 1. The molecule has 3 heterocycles. The van der Waals surface area contributed by atoms with Crippen LogP contribution < -0.4 is 5.32 Å². The molecule has 3 rings (SSSR count). The normalized spacial score (nSPS) is 24.8. The molecule has 0 radical (unpaired) electrons. The molecule has 2 aliphatic rings. The Hall–Kier alpha value is -1.36. The van der Waals surface area contributed by atoms with E-state index in [0.29, 0.717) is 5.92 Å². The topological polar surface area (TPSA) is 67.2 Å². The van der Waals surface area contributed by atoms with Crippen LogP contribution in [0.3, 0.4) is 0 Å². The Labute approximate surface area is 106 Å². The first-order chi connectivity index (χ1) is 8.75. The number of carbonyl (C=O) groups is 1. The zero-order valence-corrected chi connectivity index (χ0v) is 10.4. The first-order valence-corrected chi connectivity index (χ1v) is 6.77. The van der Waals surface area contributed by atoms with E-state index in [0.717, 1.165) is 56.7 Å². The lowest BCUT2D eigenvalue weighted by Gasteiger charge is -2.21. The molecule has 0 bridgehead atoms. The van der Waals surface area contributed by atoms with Gasteiger partial charge in [-0.2, -0.15) is 0 Å². The highest BCUT2D eigenvalue weighted by Gasteiger charge is 2.28. The summed E-state index contributed by atoms with van der Waals surface area (Å²) in [5.41, 5.74) is 1.10. The minimum atomic E-state index is -0.731. The van der Waals surface area contributed by atoms with Gasteiger partial charge in [0.05, 0.1) is 5.69 Å². The Kier molecular flexibility index (Phi) is 3.07. The summed E-state index contributed by atoms with van der Waals surface area (Å²) >= 11 is 0. The first kappa shape index (κ1) is 11.7. The zero-order valence-electron chi connectivity index (χ0n) is 10.4. The molecule has 1 fully saturated rings. The van der Waals surface area contributed by atoms with Crippen molar-refractivity contribution in [3.8, 4) is 0 Å². The molecule has 0 aliphatic carbocycles. The summed E-state index contributed by atoms with van der Waals surface area (Å²) in [5.74, 6) is 0.728. The number of fused-ring (bicyclic) bond motifs is 1.